The molecular formula is C22H17Cl2FN2O3. The van der Waals surface area contributed by atoms with Gasteiger partial charge < -0.3 is 9.47 Å². The van der Waals surface area contributed by atoms with E-state index in [1.165, 1.54) is 6.07 Å². The van der Waals surface area contributed by atoms with Crippen LogP contribution in [0.15, 0.2) is 41.2 Å². The van der Waals surface area contributed by atoms with E-state index in [1.807, 2.05) is 0 Å². The van der Waals surface area contributed by atoms with E-state index in [-0.39, 0.29) is 39.2 Å². The largest absolute Gasteiger partial charge is 0.481 e. The Labute approximate surface area is 182 Å². The number of hydrogen-bond acceptors (Lipinski definition) is 3. The molecule has 5 nitrogen and oxygen atoms in total. The Morgan fingerprint density at radius 1 is 1.07 bits per heavy atom. The second kappa shape index (κ2) is 8.47. The van der Waals surface area contributed by atoms with Crippen LogP contribution in [0.25, 0.3) is 11.1 Å². The van der Waals surface area contributed by atoms with Crippen molar-refractivity contribution < 1.29 is 13.9 Å². The van der Waals surface area contributed by atoms with Crippen LogP contribution in [0.3, 0.4) is 0 Å². The molecule has 0 fully saturated rings. The number of aromatic nitrogens is 2. The van der Waals surface area contributed by atoms with E-state index >= 15 is 0 Å². The van der Waals surface area contributed by atoms with Crippen molar-refractivity contribution in [3.63, 3.8) is 0 Å². The highest BCUT2D eigenvalue weighted by Gasteiger charge is 2.25. The third-order valence-electron chi connectivity index (χ3n) is 4.83. The molecule has 0 saturated carbocycles. The first kappa shape index (κ1) is 20.4. The molecule has 0 amide bonds. The topological polar surface area (TPSA) is 45.4 Å². The molecule has 0 saturated heterocycles. The van der Waals surface area contributed by atoms with Crippen LogP contribution in [0.4, 0.5) is 4.39 Å². The summed E-state index contributed by atoms with van der Waals surface area (Å²) < 4.78 is 29.1. The Bertz CT molecular complexity index is 1190. The number of halogens is 3. The van der Waals surface area contributed by atoms with E-state index in [4.69, 9.17) is 39.1 Å². The molecule has 0 spiro atoms. The molecule has 0 radical (unpaired) electrons. The van der Waals surface area contributed by atoms with Crippen LogP contribution in [0, 0.1) is 18.2 Å². The van der Waals surface area contributed by atoms with Crippen molar-refractivity contribution in [2.75, 3.05) is 6.61 Å². The molecule has 8 heteroatoms. The molecule has 3 aromatic rings. The van der Waals surface area contributed by atoms with Gasteiger partial charge in [-0.3, -0.25) is 9.48 Å². The molecule has 1 aromatic heterocycles. The average molecular weight is 447 g/mol. The third kappa shape index (κ3) is 3.79. The normalized spacial score (nSPS) is 12.9. The van der Waals surface area contributed by atoms with Crippen LogP contribution in [0.2, 0.25) is 10.2 Å². The van der Waals surface area contributed by atoms with Crippen molar-refractivity contribution in [2.45, 2.75) is 25.9 Å². The van der Waals surface area contributed by atoms with Crippen LogP contribution in [-0.4, -0.2) is 16.0 Å². The first-order valence-electron chi connectivity index (χ1n) is 9.32. The van der Waals surface area contributed by atoms with Crippen molar-refractivity contribution >= 4 is 23.2 Å². The molecule has 2 heterocycles. The van der Waals surface area contributed by atoms with E-state index in [0.29, 0.717) is 24.6 Å². The Balaban J connectivity index is 1.70. The summed E-state index contributed by atoms with van der Waals surface area (Å²) in [7, 11) is 0. The maximum Gasteiger partial charge on any atom is 0.276 e. The van der Waals surface area contributed by atoms with Gasteiger partial charge in [0.25, 0.3) is 5.56 Å². The third-order valence-corrected chi connectivity index (χ3v) is 5.51. The number of ether oxygens (including phenoxy) is 2. The zero-order chi connectivity index (χ0) is 21.3. The molecular weight excluding hydrogens is 430 g/mol. The second-order valence-electron chi connectivity index (χ2n) is 6.75. The molecule has 2 aromatic carbocycles. The van der Waals surface area contributed by atoms with Crippen molar-refractivity contribution in [3.8, 4) is 40.7 Å². The minimum absolute atomic E-state index is 0.0489. The lowest BCUT2D eigenvalue weighted by atomic mass is 10.1. The summed E-state index contributed by atoms with van der Waals surface area (Å²) in [5.74, 6) is 2.99. The first-order chi connectivity index (χ1) is 14.5. The number of hydrogen-bond donors (Lipinski definition) is 0. The van der Waals surface area contributed by atoms with Gasteiger partial charge in [-0.1, -0.05) is 29.1 Å². The van der Waals surface area contributed by atoms with Gasteiger partial charge in [-0.05, 0) is 49.2 Å². The van der Waals surface area contributed by atoms with E-state index in [2.05, 4.69) is 5.92 Å². The van der Waals surface area contributed by atoms with E-state index in [0.717, 1.165) is 18.9 Å². The fourth-order valence-electron chi connectivity index (χ4n) is 3.41. The molecule has 30 heavy (non-hydrogen) atoms. The zero-order valence-corrected chi connectivity index (χ0v) is 17.3. The standard InChI is InChI=1S/C22H17Cl2FN2O3/c1-2-11-29-14-5-7-15(8-6-14)30-19-12-16(18(25)13-17(19)23)20-21(24)26-9-3-4-10-27(26)22(20)28/h1,5-8,12-13H,3-4,9-11H2. The monoisotopic (exact) mass is 446 g/mol. The number of terminal acetylenes is 1. The number of nitrogens with zero attached hydrogens (tertiary/aromatic N) is 2. The highest BCUT2D eigenvalue weighted by Crippen LogP contribution is 2.37. The van der Waals surface area contributed by atoms with Gasteiger partial charge in [-0.25, -0.2) is 9.07 Å². The summed E-state index contributed by atoms with van der Waals surface area (Å²) in [5.41, 5.74) is -0.176. The van der Waals surface area contributed by atoms with E-state index in [1.54, 1.807) is 33.6 Å². The van der Waals surface area contributed by atoms with Crippen LogP contribution < -0.4 is 15.0 Å². The Morgan fingerprint density at radius 3 is 2.40 bits per heavy atom. The van der Waals surface area contributed by atoms with Gasteiger partial charge in [0.2, 0.25) is 0 Å². The summed E-state index contributed by atoms with van der Waals surface area (Å²) >= 11 is 12.6. The fraction of sp³-hybridized carbons (Fsp3) is 0.227. The SMILES string of the molecule is C#CCOc1ccc(Oc2cc(-c3c(Cl)n4n(c3=O)CCCC4)c(F)cc2Cl)cc1. The maximum absolute atomic E-state index is 14.8. The van der Waals surface area contributed by atoms with Crippen molar-refractivity contribution in [1.29, 1.82) is 0 Å². The van der Waals surface area contributed by atoms with Gasteiger partial charge >= 0.3 is 0 Å². The highest BCUT2D eigenvalue weighted by atomic mass is 35.5. The minimum Gasteiger partial charge on any atom is -0.481 e. The molecule has 1 aliphatic rings. The zero-order valence-electron chi connectivity index (χ0n) is 15.8. The summed E-state index contributed by atoms with van der Waals surface area (Å²) in [4.78, 5) is 12.9. The van der Waals surface area contributed by atoms with E-state index in [9.17, 15) is 9.18 Å². The van der Waals surface area contributed by atoms with E-state index < -0.39 is 5.82 Å². The lowest BCUT2D eigenvalue weighted by molar-refractivity contribution is 0.356. The van der Waals surface area contributed by atoms with Gasteiger partial charge in [-0.15, -0.1) is 6.42 Å². The first-order valence-corrected chi connectivity index (χ1v) is 10.1. The van der Waals surface area contributed by atoms with Crippen LogP contribution in [-0.2, 0) is 13.1 Å². The predicted octanol–water partition coefficient (Wildman–Crippen LogP) is 5.36. The second-order valence-corrected chi connectivity index (χ2v) is 7.52. The summed E-state index contributed by atoms with van der Waals surface area (Å²) in [6, 6.07) is 9.24. The smallest absolute Gasteiger partial charge is 0.276 e. The Kier molecular flexibility index (Phi) is 5.76. The number of benzene rings is 2. The minimum atomic E-state index is -0.645. The van der Waals surface area contributed by atoms with Crippen LogP contribution in [0.5, 0.6) is 17.2 Å². The molecule has 4 rings (SSSR count). The van der Waals surface area contributed by atoms with Crippen molar-refractivity contribution in [1.82, 2.24) is 9.36 Å². The van der Waals surface area contributed by atoms with Gasteiger partial charge in [0.05, 0.1) is 10.6 Å². The van der Waals surface area contributed by atoms with Crippen molar-refractivity contribution in [2.24, 2.45) is 0 Å². The van der Waals surface area contributed by atoms with Gasteiger partial charge in [0.1, 0.15) is 34.8 Å². The molecule has 1 aliphatic heterocycles. The Morgan fingerprint density at radius 2 is 1.73 bits per heavy atom. The molecule has 0 bridgehead atoms. The van der Waals surface area contributed by atoms with Crippen molar-refractivity contribution in [3.05, 3.63) is 62.7 Å². The average Bonchev–Trinajstić information content (AvgIpc) is 3.00. The molecule has 0 N–H and O–H groups in total. The molecule has 0 unspecified atom stereocenters. The maximum atomic E-state index is 14.8. The summed E-state index contributed by atoms with van der Waals surface area (Å²) in [5, 5.41) is 0.283. The predicted molar refractivity (Wildman–Crippen MR) is 114 cm³/mol. The number of rotatable bonds is 5. The lowest BCUT2D eigenvalue weighted by Crippen LogP contribution is -2.27. The van der Waals surface area contributed by atoms with Crippen LogP contribution in [0.1, 0.15) is 12.8 Å². The lowest BCUT2D eigenvalue weighted by Gasteiger charge is -2.17. The van der Waals surface area contributed by atoms with Crippen LogP contribution >= 0.6 is 23.2 Å². The van der Waals surface area contributed by atoms with Gasteiger partial charge in [-0.2, -0.15) is 0 Å². The number of fused-ring (bicyclic) bond motifs is 1. The highest BCUT2D eigenvalue weighted by molar-refractivity contribution is 6.33. The molecule has 0 aliphatic carbocycles. The molecule has 0 atom stereocenters. The van der Waals surface area contributed by atoms with Gasteiger partial charge in [0.15, 0.2) is 0 Å². The fourth-order valence-corrected chi connectivity index (χ4v) is 3.95. The van der Waals surface area contributed by atoms with Gasteiger partial charge in [0, 0.05) is 18.7 Å². The Hall–Kier alpha value is -2.88. The quantitative estimate of drug-likeness (QED) is 0.495. The summed E-state index contributed by atoms with van der Waals surface area (Å²) in [6.07, 6.45) is 6.95. The summed E-state index contributed by atoms with van der Waals surface area (Å²) in [6.45, 7) is 1.32. The molecule has 154 valence electrons.